The van der Waals surface area contributed by atoms with Crippen LogP contribution in [-0.4, -0.2) is 27.7 Å². The van der Waals surface area contributed by atoms with Crippen molar-refractivity contribution < 1.29 is 14.6 Å². The molecule has 0 bridgehead atoms. The summed E-state index contributed by atoms with van der Waals surface area (Å²) in [7, 11) is 1.29. The first kappa shape index (κ1) is 13.6. The van der Waals surface area contributed by atoms with E-state index in [9.17, 15) is 9.90 Å². The van der Waals surface area contributed by atoms with Crippen LogP contribution < -0.4 is 0 Å². The Labute approximate surface area is 115 Å². The molecule has 0 spiro atoms. The van der Waals surface area contributed by atoms with Gasteiger partial charge in [0, 0.05) is 11.6 Å². The zero-order valence-corrected chi connectivity index (χ0v) is 11.1. The fourth-order valence-electron chi connectivity index (χ4n) is 1.78. The van der Waals surface area contributed by atoms with Crippen molar-refractivity contribution in [2.24, 2.45) is 0 Å². The third-order valence-electron chi connectivity index (χ3n) is 2.71. The lowest BCUT2D eigenvalue weighted by atomic mass is 10.2. The lowest BCUT2D eigenvalue weighted by molar-refractivity contribution is 0.0585. The molecule has 0 aliphatic heterocycles. The highest BCUT2D eigenvalue weighted by Gasteiger charge is 2.18. The Kier molecular flexibility index (Phi) is 4.19. The zero-order chi connectivity index (χ0) is 13.8. The van der Waals surface area contributed by atoms with Crippen molar-refractivity contribution in [1.29, 1.82) is 0 Å². The zero-order valence-electron chi connectivity index (χ0n) is 10.3. The Morgan fingerprint density at radius 2 is 2.11 bits per heavy atom. The third-order valence-corrected chi connectivity index (χ3v) is 2.96. The summed E-state index contributed by atoms with van der Waals surface area (Å²) in [5.41, 5.74) is 1.54. The first-order valence-corrected chi connectivity index (χ1v) is 6.01. The van der Waals surface area contributed by atoms with Gasteiger partial charge in [-0.05, 0) is 17.7 Å². The lowest BCUT2D eigenvalue weighted by Crippen LogP contribution is -2.13. The Balaban J connectivity index is 2.32. The molecule has 0 radical (unpaired) electrons. The van der Waals surface area contributed by atoms with E-state index < -0.39 is 5.97 Å². The fourth-order valence-corrected chi connectivity index (χ4v) is 1.90. The number of hydrogen-bond donors (Lipinski definition) is 1. The number of aliphatic hydroxyl groups excluding tert-OH is 1. The molecule has 0 saturated heterocycles. The monoisotopic (exact) mass is 280 g/mol. The van der Waals surface area contributed by atoms with Crippen LogP contribution in [0.15, 0.2) is 30.6 Å². The third kappa shape index (κ3) is 2.94. The molecule has 5 nitrogen and oxygen atoms in total. The molecule has 0 fully saturated rings. The summed E-state index contributed by atoms with van der Waals surface area (Å²) in [6.07, 6.45) is 1.51. The maximum absolute atomic E-state index is 11.7. The second-order valence-corrected chi connectivity index (χ2v) is 4.38. The number of aromatic nitrogens is 2. The molecule has 0 unspecified atom stereocenters. The molecule has 0 aliphatic carbocycles. The molecule has 1 heterocycles. The number of ether oxygens (including phenoxy) is 1. The number of nitrogens with zero attached hydrogens (tertiary/aromatic N) is 2. The number of imidazole rings is 1. The van der Waals surface area contributed by atoms with E-state index in [0.717, 1.165) is 5.56 Å². The van der Waals surface area contributed by atoms with E-state index in [4.69, 9.17) is 16.3 Å². The normalized spacial score (nSPS) is 10.5. The maximum Gasteiger partial charge on any atom is 0.356 e. The quantitative estimate of drug-likeness (QED) is 0.869. The van der Waals surface area contributed by atoms with Crippen molar-refractivity contribution in [3.63, 3.8) is 0 Å². The van der Waals surface area contributed by atoms with Crippen molar-refractivity contribution in [3.8, 4) is 0 Å². The Hall–Kier alpha value is -1.85. The number of esters is 1. The van der Waals surface area contributed by atoms with E-state index >= 15 is 0 Å². The minimum Gasteiger partial charge on any atom is -0.464 e. The highest BCUT2D eigenvalue weighted by Crippen LogP contribution is 2.14. The molecular formula is C13H13ClN2O3. The molecule has 1 aromatic carbocycles. The minimum atomic E-state index is -0.518. The van der Waals surface area contributed by atoms with Crippen molar-refractivity contribution in [2.75, 3.05) is 7.11 Å². The van der Waals surface area contributed by atoms with Crippen LogP contribution >= 0.6 is 11.6 Å². The maximum atomic E-state index is 11.7. The first-order chi connectivity index (χ1) is 9.15. The van der Waals surface area contributed by atoms with Crippen LogP contribution in [0.5, 0.6) is 0 Å². The van der Waals surface area contributed by atoms with Crippen molar-refractivity contribution in [1.82, 2.24) is 9.55 Å². The van der Waals surface area contributed by atoms with Gasteiger partial charge in [-0.25, -0.2) is 9.78 Å². The molecule has 6 heteroatoms. The number of carbonyl (C=O) groups excluding carboxylic acids is 1. The molecule has 0 atom stereocenters. The van der Waals surface area contributed by atoms with E-state index in [1.54, 1.807) is 16.7 Å². The molecule has 2 rings (SSSR count). The number of rotatable bonds is 4. The predicted molar refractivity (Wildman–Crippen MR) is 70.0 cm³/mol. The van der Waals surface area contributed by atoms with Crippen molar-refractivity contribution >= 4 is 17.6 Å². The lowest BCUT2D eigenvalue weighted by Gasteiger charge is -2.08. The van der Waals surface area contributed by atoms with Gasteiger partial charge >= 0.3 is 5.97 Å². The molecule has 1 aromatic heterocycles. The van der Waals surface area contributed by atoms with Crippen LogP contribution in [0.2, 0.25) is 5.02 Å². The molecule has 1 N–H and O–H groups in total. The summed E-state index contributed by atoms with van der Waals surface area (Å²) in [4.78, 5) is 15.7. The molecular weight excluding hydrogens is 268 g/mol. The molecule has 0 amide bonds. The molecule has 0 saturated carbocycles. The highest BCUT2D eigenvalue weighted by molar-refractivity contribution is 6.30. The Morgan fingerprint density at radius 1 is 1.42 bits per heavy atom. The topological polar surface area (TPSA) is 64.3 Å². The van der Waals surface area contributed by atoms with E-state index in [1.165, 1.54) is 13.4 Å². The Morgan fingerprint density at radius 3 is 2.68 bits per heavy atom. The molecule has 100 valence electrons. The summed E-state index contributed by atoms with van der Waals surface area (Å²) >= 11 is 5.82. The van der Waals surface area contributed by atoms with Crippen LogP contribution in [-0.2, 0) is 17.9 Å². The van der Waals surface area contributed by atoms with Crippen LogP contribution in [0, 0.1) is 0 Å². The van der Waals surface area contributed by atoms with Gasteiger partial charge in [0.05, 0.1) is 25.7 Å². The summed E-state index contributed by atoms with van der Waals surface area (Å²) in [5.74, 6) is -0.518. The van der Waals surface area contributed by atoms with Gasteiger partial charge < -0.3 is 14.4 Å². The second-order valence-electron chi connectivity index (χ2n) is 3.94. The molecule has 0 aliphatic rings. The number of aliphatic hydroxyl groups is 1. The van der Waals surface area contributed by atoms with Crippen LogP contribution in [0.25, 0.3) is 0 Å². The van der Waals surface area contributed by atoms with Crippen molar-refractivity contribution in [2.45, 2.75) is 13.2 Å². The van der Waals surface area contributed by atoms with Crippen LogP contribution in [0.4, 0.5) is 0 Å². The Bertz CT molecular complexity index is 578. The van der Waals surface area contributed by atoms with Gasteiger partial charge in [-0.3, -0.25) is 0 Å². The number of halogens is 1. The van der Waals surface area contributed by atoms with E-state index in [-0.39, 0.29) is 12.3 Å². The average Bonchev–Trinajstić information content (AvgIpc) is 2.83. The van der Waals surface area contributed by atoms with Crippen LogP contribution in [0.1, 0.15) is 21.7 Å². The van der Waals surface area contributed by atoms with Gasteiger partial charge in [0.15, 0.2) is 5.69 Å². The van der Waals surface area contributed by atoms with Gasteiger partial charge in [0.1, 0.15) is 0 Å². The largest absolute Gasteiger partial charge is 0.464 e. The van der Waals surface area contributed by atoms with Crippen LogP contribution in [0.3, 0.4) is 0 Å². The summed E-state index contributed by atoms with van der Waals surface area (Å²) < 4.78 is 6.34. The minimum absolute atomic E-state index is 0.264. The average molecular weight is 281 g/mol. The van der Waals surface area contributed by atoms with E-state index in [1.807, 2.05) is 12.1 Å². The SMILES string of the molecule is COC(=O)c1c(CO)ncn1Cc1ccc(Cl)cc1. The van der Waals surface area contributed by atoms with Gasteiger partial charge in [-0.1, -0.05) is 23.7 Å². The van der Waals surface area contributed by atoms with Gasteiger partial charge in [-0.15, -0.1) is 0 Å². The van der Waals surface area contributed by atoms with E-state index in [2.05, 4.69) is 4.98 Å². The summed E-state index contributed by atoms with van der Waals surface area (Å²) in [6, 6.07) is 7.28. The number of benzene rings is 1. The summed E-state index contributed by atoms with van der Waals surface area (Å²) in [6.45, 7) is 0.145. The number of carbonyl (C=O) groups is 1. The fraction of sp³-hybridized carbons (Fsp3) is 0.231. The standard InChI is InChI=1S/C13H13ClN2O3/c1-19-13(18)12-11(7-17)15-8-16(12)6-9-2-4-10(14)5-3-9/h2-5,8,17H,6-7H2,1H3. The smallest absolute Gasteiger partial charge is 0.356 e. The highest BCUT2D eigenvalue weighted by atomic mass is 35.5. The first-order valence-electron chi connectivity index (χ1n) is 5.63. The van der Waals surface area contributed by atoms with Crippen molar-refractivity contribution in [3.05, 3.63) is 52.6 Å². The predicted octanol–water partition coefficient (Wildman–Crippen LogP) is 1.86. The summed E-state index contributed by atoms with van der Waals surface area (Å²) in [5, 5.41) is 9.83. The van der Waals surface area contributed by atoms with Gasteiger partial charge in [-0.2, -0.15) is 0 Å². The molecule has 2 aromatic rings. The molecule has 19 heavy (non-hydrogen) atoms. The second kappa shape index (κ2) is 5.86. The van der Waals surface area contributed by atoms with E-state index in [0.29, 0.717) is 17.3 Å². The van der Waals surface area contributed by atoms with Gasteiger partial charge in [0.25, 0.3) is 0 Å². The number of methoxy groups -OCH3 is 1. The van der Waals surface area contributed by atoms with Gasteiger partial charge in [0.2, 0.25) is 0 Å². The number of hydrogen-bond acceptors (Lipinski definition) is 4.